The molecular formula is C24H28Br2N4O4S2. The Kier molecular flexibility index (Phi) is 13.4. The van der Waals surface area contributed by atoms with Crippen LogP contribution in [0, 0.1) is 0 Å². The van der Waals surface area contributed by atoms with Crippen LogP contribution in [0.2, 0.25) is 0 Å². The molecule has 0 spiro atoms. The third kappa shape index (κ3) is 10.2. The number of amides is 2. The second-order valence-electron chi connectivity index (χ2n) is 7.42. The van der Waals surface area contributed by atoms with Crippen molar-refractivity contribution in [3.8, 4) is 11.5 Å². The number of phenolic OH excluding ortho intramolecular Hbond substituents is 2. The Morgan fingerprint density at radius 3 is 1.50 bits per heavy atom. The number of halogens is 2. The molecule has 2 aromatic rings. The fraction of sp³-hybridized carbons (Fsp3) is 0.333. The zero-order chi connectivity index (χ0) is 26.5. The number of aromatic hydroxyl groups is 2. The van der Waals surface area contributed by atoms with Crippen LogP contribution in [0.3, 0.4) is 0 Å². The lowest BCUT2D eigenvalue weighted by molar-refractivity contribution is -0.115. The number of phenols is 2. The molecule has 0 bridgehead atoms. The number of carbonyl (C=O) groups is 2. The SMILES string of the molecule is C/N=C(\Cc1ccc(O)c(Br)c1)C(=O)NCCSSCCNC(=O)/C(Cc1ccc(O)c(Br)c1)=N/C. The Labute approximate surface area is 235 Å². The Morgan fingerprint density at radius 2 is 1.17 bits per heavy atom. The third-order valence-corrected chi connectivity index (χ3v) is 8.54. The summed E-state index contributed by atoms with van der Waals surface area (Å²) in [6, 6.07) is 10.2. The summed E-state index contributed by atoms with van der Waals surface area (Å²) in [5.41, 5.74) is 2.58. The number of hydrogen-bond donors (Lipinski definition) is 4. The van der Waals surface area contributed by atoms with Crippen molar-refractivity contribution in [3.63, 3.8) is 0 Å². The van der Waals surface area contributed by atoms with Crippen molar-refractivity contribution in [3.05, 3.63) is 56.5 Å². The van der Waals surface area contributed by atoms with Crippen LogP contribution in [0.4, 0.5) is 0 Å². The maximum atomic E-state index is 12.4. The number of carbonyl (C=O) groups excluding carboxylic acids is 2. The van der Waals surface area contributed by atoms with E-state index < -0.39 is 0 Å². The van der Waals surface area contributed by atoms with Gasteiger partial charge < -0.3 is 20.8 Å². The van der Waals surface area contributed by atoms with Gasteiger partial charge in [-0.15, -0.1) is 0 Å². The summed E-state index contributed by atoms with van der Waals surface area (Å²) in [5.74, 6) is 1.29. The molecule has 0 aliphatic heterocycles. The normalized spacial score (nSPS) is 11.9. The van der Waals surface area contributed by atoms with Crippen LogP contribution in [0.5, 0.6) is 11.5 Å². The highest BCUT2D eigenvalue weighted by Gasteiger charge is 2.13. The molecule has 4 N–H and O–H groups in total. The molecule has 0 atom stereocenters. The first-order valence-electron chi connectivity index (χ1n) is 10.9. The maximum absolute atomic E-state index is 12.4. The molecule has 0 heterocycles. The van der Waals surface area contributed by atoms with E-state index in [0.717, 1.165) is 11.1 Å². The van der Waals surface area contributed by atoms with E-state index in [0.29, 0.717) is 57.8 Å². The van der Waals surface area contributed by atoms with Crippen LogP contribution in [0.25, 0.3) is 0 Å². The lowest BCUT2D eigenvalue weighted by Crippen LogP contribution is -2.34. The zero-order valence-electron chi connectivity index (χ0n) is 19.9. The van der Waals surface area contributed by atoms with Gasteiger partial charge in [0.1, 0.15) is 22.9 Å². The highest BCUT2D eigenvalue weighted by atomic mass is 79.9. The smallest absolute Gasteiger partial charge is 0.265 e. The molecular weight excluding hydrogens is 632 g/mol. The second-order valence-corrected chi connectivity index (χ2v) is 11.8. The Balaban J connectivity index is 1.62. The first kappa shape index (κ1) is 30.2. The topological polar surface area (TPSA) is 123 Å². The quantitative estimate of drug-likeness (QED) is 0.146. The molecule has 0 aliphatic carbocycles. The summed E-state index contributed by atoms with van der Waals surface area (Å²) in [4.78, 5) is 33.0. The van der Waals surface area contributed by atoms with Gasteiger partial charge in [0.05, 0.1) is 8.95 Å². The first-order chi connectivity index (χ1) is 17.2. The van der Waals surface area contributed by atoms with Gasteiger partial charge in [-0.05, 0) is 67.3 Å². The maximum Gasteiger partial charge on any atom is 0.265 e. The van der Waals surface area contributed by atoms with Crippen LogP contribution in [0.1, 0.15) is 11.1 Å². The summed E-state index contributed by atoms with van der Waals surface area (Å²) in [5, 5.41) is 25.0. The lowest BCUT2D eigenvalue weighted by atomic mass is 10.1. The second kappa shape index (κ2) is 16.0. The highest BCUT2D eigenvalue weighted by molar-refractivity contribution is 9.11. The number of rotatable bonds is 13. The molecule has 2 amide bonds. The summed E-state index contributed by atoms with van der Waals surface area (Å²) in [6.07, 6.45) is 0.742. The number of nitrogens with one attached hydrogen (secondary N) is 2. The molecule has 0 radical (unpaired) electrons. The van der Waals surface area contributed by atoms with E-state index in [4.69, 9.17) is 0 Å². The number of nitrogens with zero attached hydrogens (tertiary/aromatic N) is 2. The van der Waals surface area contributed by atoms with E-state index in [1.165, 1.54) is 0 Å². The van der Waals surface area contributed by atoms with Crippen molar-refractivity contribution in [2.45, 2.75) is 12.8 Å². The van der Waals surface area contributed by atoms with E-state index >= 15 is 0 Å². The van der Waals surface area contributed by atoms with Crippen molar-refractivity contribution in [2.24, 2.45) is 9.98 Å². The van der Waals surface area contributed by atoms with Gasteiger partial charge in [0.25, 0.3) is 11.8 Å². The Bertz CT molecular complexity index is 1040. The fourth-order valence-corrected chi connectivity index (χ4v) is 5.63. The van der Waals surface area contributed by atoms with Crippen LogP contribution in [0.15, 0.2) is 55.3 Å². The van der Waals surface area contributed by atoms with Crippen LogP contribution in [-0.2, 0) is 22.4 Å². The monoisotopic (exact) mass is 658 g/mol. The molecule has 0 unspecified atom stereocenters. The van der Waals surface area contributed by atoms with E-state index in [-0.39, 0.29) is 23.3 Å². The molecule has 194 valence electrons. The molecule has 0 fully saturated rings. The number of aliphatic imine (C=N–C) groups is 2. The third-order valence-electron chi connectivity index (χ3n) is 4.86. The van der Waals surface area contributed by atoms with Crippen LogP contribution < -0.4 is 10.6 Å². The fourth-order valence-electron chi connectivity index (χ4n) is 2.96. The van der Waals surface area contributed by atoms with Gasteiger partial charge in [-0.1, -0.05) is 33.7 Å². The minimum atomic E-state index is -0.216. The lowest BCUT2D eigenvalue weighted by Gasteiger charge is -2.09. The highest BCUT2D eigenvalue weighted by Crippen LogP contribution is 2.25. The minimum Gasteiger partial charge on any atom is -0.507 e. The van der Waals surface area contributed by atoms with Crippen LogP contribution in [-0.4, -0.2) is 72.1 Å². The first-order valence-corrected chi connectivity index (χ1v) is 15.0. The van der Waals surface area contributed by atoms with Crippen molar-refractivity contribution < 1.29 is 19.8 Å². The predicted octanol–water partition coefficient (Wildman–Crippen LogP) is 4.16. The molecule has 0 aromatic heterocycles. The summed E-state index contributed by atoms with van der Waals surface area (Å²) >= 11 is 6.55. The average molecular weight is 660 g/mol. The summed E-state index contributed by atoms with van der Waals surface area (Å²) in [7, 11) is 6.39. The molecule has 12 heteroatoms. The van der Waals surface area contributed by atoms with Crippen molar-refractivity contribution in [1.29, 1.82) is 0 Å². The van der Waals surface area contributed by atoms with Gasteiger partial charge in [0.15, 0.2) is 0 Å². The summed E-state index contributed by atoms with van der Waals surface area (Å²) in [6.45, 7) is 0.992. The van der Waals surface area contributed by atoms with Crippen molar-refractivity contribution in [1.82, 2.24) is 10.6 Å². The molecule has 8 nitrogen and oxygen atoms in total. The van der Waals surface area contributed by atoms with Crippen molar-refractivity contribution in [2.75, 3.05) is 38.7 Å². The van der Waals surface area contributed by atoms with Gasteiger partial charge in [-0.2, -0.15) is 0 Å². The van der Waals surface area contributed by atoms with Gasteiger partial charge in [-0.3, -0.25) is 19.6 Å². The largest absolute Gasteiger partial charge is 0.507 e. The standard InChI is InChI=1S/C24H28Br2N4O4S2/c1-27-19(13-15-3-5-21(31)17(25)11-15)23(33)29-7-9-35-36-10-8-30-24(34)20(28-2)14-16-4-6-22(32)18(26)12-16/h3-6,11-12,31-32H,7-10,13-14H2,1-2H3,(H,29,33)(H,30,34)/b27-19+,28-20+. The predicted molar refractivity (Wildman–Crippen MR) is 157 cm³/mol. The van der Waals surface area contributed by atoms with E-state index in [2.05, 4.69) is 52.5 Å². The average Bonchev–Trinajstić information content (AvgIpc) is 2.86. The zero-order valence-corrected chi connectivity index (χ0v) is 24.7. The van der Waals surface area contributed by atoms with Crippen molar-refractivity contribution >= 4 is 76.7 Å². The molecule has 0 aliphatic rings. The molecule has 0 saturated carbocycles. The summed E-state index contributed by atoms with van der Waals surface area (Å²) < 4.78 is 1.15. The van der Waals surface area contributed by atoms with Gasteiger partial charge in [-0.25, -0.2) is 0 Å². The Hall–Kier alpha value is -2.02. The molecule has 0 saturated heterocycles. The van der Waals surface area contributed by atoms with E-state index in [1.54, 1.807) is 72.1 Å². The van der Waals surface area contributed by atoms with E-state index in [9.17, 15) is 19.8 Å². The number of benzene rings is 2. The Morgan fingerprint density at radius 1 is 0.778 bits per heavy atom. The van der Waals surface area contributed by atoms with Gasteiger partial charge in [0.2, 0.25) is 0 Å². The minimum absolute atomic E-state index is 0.147. The van der Waals surface area contributed by atoms with Gasteiger partial charge >= 0.3 is 0 Å². The molecule has 2 aromatic carbocycles. The number of hydrogen-bond acceptors (Lipinski definition) is 8. The molecule has 2 rings (SSSR count). The van der Waals surface area contributed by atoms with Gasteiger partial charge in [0, 0.05) is 51.5 Å². The van der Waals surface area contributed by atoms with E-state index in [1.807, 2.05) is 0 Å². The molecule has 36 heavy (non-hydrogen) atoms. The van der Waals surface area contributed by atoms with Crippen LogP contribution >= 0.6 is 53.4 Å².